The average Bonchev–Trinajstić information content (AvgIpc) is 3.20. The molecule has 0 saturated carbocycles. The number of amides is 1. The molecule has 1 N–H and O–H groups in total. The highest BCUT2D eigenvalue weighted by atomic mass is 32.2. The summed E-state index contributed by atoms with van der Waals surface area (Å²) >= 11 is 3.28. The summed E-state index contributed by atoms with van der Waals surface area (Å²) in [6.07, 6.45) is 0. The van der Waals surface area contributed by atoms with Gasteiger partial charge in [-0.1, -0.05) is 0 Å². The van der Waals surface area contributed by atoms with E-state index in [0.717, 1.165) is 16.3 Å². The molecule has 0 aliphatic heterocycles. The first-order chi connectivity index (χ1) is 12.7. The average molecular weight is 386 g/mol. The zero-order valence-electron chi connectivity index (χ0n) is 14.4. The normalized spacial score (nSPS) is 10.4. The van der Waals surface area contributed by atoms with Gasteiger partial charge in [0.1, 0.15) is 11.5 Å². The van der Waals surface area contributed by atoms with E-state index < -0.39 is 0 Å². The Hall–Kier alpha value is -2.51. The molecule has 0 unspecified atom stereocenters. The minimum Gasteiger partial charge on any atom is -0.497 e. The lowest BCUT2D eigenvalue weighted by Crippen LogP contribution is -2.12. The number of nitrogens with one attached hydrogen (secondary N) is 1. The van der Waals surface area contributed by atoms with Crippen LogP contribution in [0.25, 0.3) is 0 Å². The van der Waals surface area contributed by atoms with Crippen molar-refractivity contribution in [1.29, 1.82) is 0 Å². The van der Waals surface area contributed by atoms with E-state index in [1.54, 1.807) is 55.5 Å². The number of ether oxygens (including phenoxy) is 2. The molecular weight excluding hydrogens is 368 g/mol. The quantitative estimate of drug-likeness (QED) is 0.596. The van der Waals surface area contributed by atoms with Crippen LogP contribution in [-0.2, 0) is 5.75 Å². The Morgan fingerprint density at radius 3 is 2.62 bits per heavy atom. The van der Waals surface area contributed by atoms with Crippen molar-refractivity contribution in [2.24, 2.45) is 0 Å². The molecule has 0 bridgehead atoms. The largest absolute Gasteiger partial charge is 0.497 e. The molecule has 0 saturated heterocycles. The Bertz CT molecular complexity index is 865. The fourth-order valence-corrected chi connectivity index (χ4v) is 3.74. The van der Waals surface area contributed by atoms with Gasteiger partial charge in [-0.2, -0.15) is 0 Å². The van der Waals surface area contributed by atoms with Crippen molar-refractivity contribution >= 4 is 34.7 Å². The van der Waals surface area contributed by atoms with Gasteiger partial charge in [-0.05, 0) is 36.4 Å². The molecule has 0 aliphatic carbocycles. The predicted molar refractivity (Wildman–Crippen MR) is 106 cm³/mol. The third kappa shape index (κ3) is 4.56. The van der Waals surface area contributed by atoms with Gasteiger partial charge in [0.25, 0.3) is 5.91 Å². The van der Waals surface area contributed by atoms with Crippen LogP contribution in [0.15, 0.2) is 58.3 Å². The molecule has 134 valence electrons. The molecule has 5 nitrogen and oxygen atoms in total. The SMILES string of the molecule is COc1ccc(OC)c(NC(=O)c2ccc(SCc3cscn3)cc2)c1. The summed E-state index contributed by atoms with van der Waals surface area (Å²) in [5.74, 6) is 1.84. The number of thiazole rings is 1. The molecule has 0 atom stereocenters. The molecule has 2 aromatic carbocycles. The topological polar surface area (TPSA) is 60.5 Å². The summed E-state index contributed by atoms with van der Waals surface area (Å²) < 4.78 is 10.5. The van der Waals surface area contributed by atoms with Crippen molar-refractivity contribution in [2.45, 2.75) is 10.6 Å². The molecule has 7 heteroatoms. The Morgan fingerprint density at radius 1 is 1.15 bits per heavy atom. The zero-order valence-corrected chi connectivity index (χ0v) is 16.0. The molecule has 26 heavy (non-hydrogen) atoms. The van der Waals surface area contributed by atoms with E-state index in [0.29, 0.717) is 22.7 Å². The zero-order chi connectivity index (χ0) is 18.4. The molecule has 0 spiro atoms. The van der Waals surface area contributed by atoms with Gasteiger partial charge in [0.05, 0.1) is 31.1 Å². The van der Waals surface area contributed by atoms with Gasteiger partial charge in [-0.3, -0.25) is 4.79 Å². The summed E-state index contributed by atoms with van der Waals surface area (Å²) in [4.78, 5) is 17.9. The van der Waals surface area contributed by atoms with Crippen LogP contribution in [0.5, 0.6) is 11.5 Å². The first-order valence-corrected chi connectivity index (χ1v) is 9.75. The Kier molecular flexibility index (Phi) is 6.14. The molecule has 1 aromatic heterocycles. The highest BCUT2D eigenvalue weighted by molar-refractivity contribution is 7.98. The van der Waals surface area contributed by atoms with Crippen LogP contribution in [0.4, 0.5) is 5.69 Å². The third-order valence-electron chi connectivity index (χ3n) is 3.64. The van der Waals surface area contributed by atoms with Crippen LogP contribution in [0, 0.1) is 0 Å². The molecule has 1 heterocycles. The maximum Gasteiger partial charge on any atom is 0.255 e. The Balaban J connectivity index is 1.66. The van der Waals surface area contributed by atoms with Gasteiger partial charge >= 0.3 is 0 Å². The Morgan fingerprint density at radius 2 is 1.96 bits per heavy atom. The van der Waals surface area contributed by atoms with Crippen molar-refractivity contribution in [2.75, 3.05) is 19.5 Å². The number of thioether (sulfide) groups is 1. The number of methoxy groups -OCH3 is 2. The minimum absolute atomic E-state index is 0.201. The van der Waals surface area contributed by atoms with E-state index in [-0.39, 0.29) is 5.91 Å². The lowest BCUT2D eigenvalue weighted by atomic mass is 10.2. The summed E-state index contributed by atoms with van der Waals surface area (Å²) in [6, 6.07) is 12.8. The number of hydrogen-bond acceptors (Lipinski definition) is 6. The van der Waals surface area contributed by atoms with E-state index in [1.165, 1.54) is 0 Å². The van der Waals surface area contributed by atoms with Crippen LogP contribution in [0.3, 0.4) is 0 Å². The monoisotopic (exact) mass is 386 g/mol. The summed E-state index contributed by atoms with van der Waals surface area (Å²) in [5.41, 5.74) is 4.04. The first-order valence-electron chi connectivity index (χ1n) is 7.83. The highest BCUT2D eigenvalue weighted by Gasteiger charge is 2.11. The number of carbonyl (C=O) groups is 1. The van der Waals surface area contributed by atoms with Gasteiger partial charge in [0.15, 0.2) is 0 Å². The number of hydrogen-bond donors (Lipinski definition) is 1. The van der Waals surface area contributed by atoms with E-state index in [9.17, 15) is 4.79 Å². The second-order valence-electron chi connectivity index (χ2n) is 5.31. The van der Waals surface area contributed by atoms with E-state index in [1.807, 2.05) is 35.2 Å². The molecule has 3 rings (SSSR count). The summed E-state index contributed by atoms with van der Waals surface area (Å²) in [7, 11) is 3.14. The molecule has 0 aliphatic rings. The lowest BCUT2D eigenvalue weighted by Gasteiger charge is -2.12. The molecule has 0 radical (unpaired) electrons. The third-order valence-corrected chi connectivity index (χ3v) is 5.32. The number of carbonyl (C=O) groups excluding carboxylic acids is 1. The van der Waals surface area contributed by atoms with E-state index in [2.05, 4.69) is 10.3 Å². The summed E-state index contributed by atoms with van der Waals surface area (Å²) in [6.45, 7) is 0. The highest BCUT2D eigenvalue weighted by Crippen LogP contribution is 2.29. The van der Waals surface area contributed by atoms with Crippen LogP contribution in [0.1, 0.15) is 16.1 Å². The maximum absolute atomic E-state index is 12.5. The van der Waals surface area contributed by atoms with Gasteiger partial charge in [0, 0.05) is 27.7 Å². The second-order valence-corrected chi connectivity index (χ2v) is 7.08. The van der Waals surface area contributed by atoms with Gasteiger partial charge in [-0.25, -0.2) is 4.98 Å². The fraction of sp³-hybridized carbons (Fsp3) is 0.158. The second kappa shape index (κ2) is 8.73. The van der Waals surface area contributed by atoms with Gasteiger partial charge < -0.3 is 14.8 Å². The molecule has 3 aromatic rings. The first kappa shape index (κ1) is 18.3. The fourth-order valence-electron chi connectivity index (χ4n) is 2.27. The van der Waals surface area contributed by atoms with Crippen LogP contribution in [0.2, 0.25) is 0 Å². The van der Waals surface area contributed by atoms with Crippen LogP contribution >= 0.6 is 23.1 Å². The molecule has 0 fully saturated rings. The van der Waals surface area contributed by atoms with Crippen molar-refractivity contribution in [1.82, 2.24) is 4.98 Å². The van der Waals surface area contributed by atoms with E-state index >= 15 is 0 Å². The predicted octanol–water partition coefficient (Wildman–Crippen LogP) is 4.70. The van der Waals surface area contributed by atoms with Crippen LogP contribution in [-0.4, -0.2) is 25.1 Å². The maximum atomic E-state index is 12.5. The Labute approximate surface area is 160 Å². The minimum atomic E-state index is -0.201. The smallest absolute Gasteiger partial charge is 0.255 e. The van der Waals surface area contributed by atoms with Gasteiger partial charge in [0.2, 0.25) is 0 Å². The standard InChI is InChI=1S/C19H18N2O3S2/c1-23-15-5-8-18(24-2)17(9-15)21-19(22)13-3-6-16(7-4-13)26-11-14-10-25-12-20-14/h3-10,12H,11H2,1-2H3,(H,21,22). The summed E-state index contributed by atoms with van der Waals surface area (Å²) in [5, 5.41) is 4.90. The van der Waals surface area contributed by atoms with Crippen molar-refractivity contribution in [3.63, 3.8) is 0 Å². The van der Waals surface area contributed by atoms with Crippen molar-refractivity contribution in [3.05, 3.63) is 64.6 Å². The number of benzene rings is 2. The van der Waals surface area contributed by atoms with Crippen LogP contribution < -0.4 is 14.8 Å². The number of anilines is 1. The number of nitrogens with zero attached hydrogens (tertiary/aromatic N) is 1. The van der Waals surface area contributed by atoms with Crippen molar-refractivity contribution in [3.8, 4) is 11.5 Å². The lowest BCUT2D eigenvalue weighted by molar-refractivity contribution is 0.102. The van der Waals surface area contributed by atoms with Gasteiger partial charge in [-0.15, -0.1) is 23.1 Å². The number of rotatable bonds is 7. The molecule has 1 amide bonds. The number of aromatic nitrogens is 1. The van der Waals surface area contributed by atoms with Crippen molar-refractivity contribution < 1.29 is 14.3 Å². The van der Waals surface area contributed by atoms with E-state index in [4.69, 9.17) is 9.47 Å². The molecular formula is C19H18N2O3S2.